The van der Waals surface area contributed by atoms with E-state index in [-0.39, 0.29) is 18.0 Å². The molecule has 6 nitrogen and oxygen atoms in total. The Hall–Kier alpha value is -2.37. The molecular weight excluding hydrogens is 306 g/mol. The number of carbonyl (C=O) groups excluding carboxylic acids is 2. The first-order valence-electron chi connectivity index (χ1n) is 8.10. The molecule has 0 radical (unpaired) electrons. The summed E-state index contributed by atoms with van der Waals surface area (Å²) in [4.78, 5) is 29.7. The zero-order valence-corrected chi connectivity index (χ0v) is 14.9. The van der Waals surface area contributed by atoms with E-state index >= 15 is 0 Å². The molecule has 0 saturated heterocycles. The highest BCUT2D eigenvalue weighted by Crippen LogP contribution is 2.26. The predicted octanol–water partition coefficient (Wildman–Crippen LogP) is 2.85. The van der Waals surface area contributed by atoms with Gasteiger partial charge in [0.15, 0.2) is 0 Å². The van der Waals surface area contributed by atoms with E-state index in [0.717, 1.165) is 17.6 Å². The van der Waals surface area contributed by atoms with Crippen LogP contribution in [0, 0.1) is 0 Å². The quantitative estimate of drug-likeness (QED) is 0.904. The third-order valence-corrected chi connectivity index (χ3v) is 3.78. The molecule has 24 heavy (non-hydrogen) atoms. The van der Waals surface area contributed by atoms with Gasteiger partial charge in [0.1, 0.15) is 11.3 Å². The van der Waals surface area contributed by atoms with Crippen LogP contribution < -0.4 is 5.32 Å². The summed E-state index contributed by atoms with van der Waals surface area (Å²) in [5, 5.41) is 2.55. The fourth-order valence-electron chi connectivity index (χ4n) is 2.57. The van der Waals surface area contributed by atoms with Gasteiger partial charge in [-0.05, 0) is 51.3 Å². The van der Waals surface area contributed by atoms with E-state index in [0.29, 0.717) is 12.2 Å². The van der Waals surface area contributed by atoms with E-state index in [4.69, 9.17) is 4.74 Å². The number of aromatic nitrogens is 1. The molecule has 0 aromatic carbocycles. The zero-order chi connectivity index (χ0) is 17.9. The average Bonchev–Trinajstić information content (AvgIpc) is 2.52. The molecule has 1 atom stereocenters. The third kappa shape index (κ3) is 4.34. The first-order valence-corrected chi connectivity index (χ1v) is 8.10. The molecule has 0 spiro atoms. The van der Waals surface area contributed by atoms with Crippen molar-refractivity contribution >= 4 is 17.6 Å². The van der Waals surface area contributed by atoms with Crippen LogP contribution >= 0.6 is 0 Å². The monoisotopic (exact) mass is 331 g/mol. The van der Waals surface area contributed by atoms with Gasteiger partial charge in [-0.25, -0.2) is 4.79 Å². The topological polar surface area (TPSA) is 71.5 Å². The molecule has 1 aromatic rings. The lowest BCUT2D eigenvalue weighted by molar-refractivity contribution is 0.0209. The molecule has 1 unspecified atom stereocenters. The predicted molar refractivity (Wildman–Crippen MR) is 92.6 cm³/mol. The number of hydrogen-bond acceptors (Lipinski definition) is 4. The van der Waals surface area contributed by atoms with Crippen molar-refractivity contribution in [3.8, 4) is 0 Å². The molecule has 1 aromatic heterocycles. The fourth-order valence-corrected chi connectivity index (χ4v) is 2.57. The fraction of sp³-hybridized carbons (Fsp3) is 0.500. The molecule has 2 heterocycles. The number of nitrogens with zero attached hydrogens (tertiary/aromatic N) is 2. The van der Waals surface area contributed by atoms with Crippen molar-refractivity contribution in [3.05, 3.63) is 35.7 Å². The van der Waals surface area contributed by atoms with Gasteiger partial charge in [-0.2, -0.15) is 0 Å². The standard InChI is InChI=1S/C18H25N3O3/c1-12-10-13(8-9-21(12)17(23)24-18(2,3)4)14-6-7-15(20-11-14)16(22)19-5/h6-7,10-12H,8-9H2,1-5H3,(H,19,22). The van der Waals surface area contributed by atoms with Gasteiger partial charge in [-0.3, -0.25) is 9.78 Å². The van der Waals surface area contributed by atoms with Crippen LogP contribution in [-0.2, 0) is 4.74 Å². The van der Waals surface area contributed by atoms with Gasteiger partial charge < -0.3 is 15.0 Å². The minimum absolute atomic E-state index is 0.0535. The van der Waals surface area contributed by atoms with E-state index in [1.54, 1.807) is 24.2 Å². The van der Waals surface area contributed by atoms with Crippen LogP contribution in [0.5, 0.6) is 0 Å². The number of ether oxygens (including phenoxy) is 1. The second kappa shape index (κ2) is 7.03. The summed E-state index contributed by atoms with van der Waals surface area (Å²) in [6.45, 7) is 8.15. The molecule has 130 valence electrons. The van der Waals surface area contributed by atoms with Gasteiger partial charge in [-0.15, -0.1) is 0 Å². The summed E-state index contributed by atoms with van der Waals surface area (Å²) in [6, 6.07) is 3.54. The molecule has 0 fully saturated rings. The van der Waals surface area contributed by atoms with E-state index in [1.807, 2.05) is 39.8 Å². The van der Waals surface area contributed by atoms with Gasteiger partial charge in [0.25, 0.3) is 5.91 Å². The van der Waals surface area contributed by atoms with Gasteiger partial charge in [0.2, 0.25) is 0 Å². The van der Waals surface area contributed by atoms with Crippen molar-refractivity contribution in [1.29, 1.82) is 0 Å². The van der Waals surface area contributed by atoms with Gasteiger partial charge in [0.05, 0.1) is 6.04 Å². The number of rotatable bonds is 2. The molecule has 0 saturated carbocycles. The van der Waals surface area contributed by atoms with Crippen molar-refractivity contribution in [3.63, 3.8) is 0 Å². The van der Waals surface area contributed by atoms with Gasteiger partial charge >= 0.3 is 6.09 Å². The summed E-state index contributed by atoms with van der Waals surface area (Å²) >= 11 is 0. The average molecular weight is 331 g/mol. The van der Waals surface area contributed by atoms with Gasteiger partial charge in [-0.1, -0.05) is 12.1 Å². The smallest absolute Gasteiger partial charge is 0.410 e. The lowest BCUT2D eigenvalue weighted by Gasteiger charge is -2.34. The van der Waals surface area contributed by atoms with Crippen LogP contribution in [0.2, 0.25) is 0 Å². The number of pyridine rings is 1. The number of carbonyl (C=O) groups is 2. The van der Waals surface area contributed by atoms with Crippen LogP contribution in [0.4, 0.5) is 4.79 Å². The summed E-state index contributed by atoms with van der Waals surface area (Å²) in [5.41, 5.74) is 1.98. The highest BCUT2D eigenvalue weighted by atomic mass is 16.6. The Labute approximate surface area is 142 Å². The lowest BCUT2D eigenvalue weighted by atomic mass is 9.97. The van der Waals surface area contributed by atoms with Crippen LogP contribution in [0.25, 0.3) is 5.57 Å². The Bertz CT molecular complexity index is 644. The van der Waals surface area contributed by atoms with Crippen LogP contribution in [-0.4, -0.2) is 47.1 Å². The highest BCUT2D eigenvalue weighted by molar-refractivity contribution is 5.92. The normalized spacial score (nSPS) is 18.0. The first-order chi connectivity index (χ1) is 11.2. The highest BCUT2D eigenvalue weighted by Gasteiger charge is 2.28. The van der Waals surface area contributed by atoms with Crippen molar-refractivity contribution in [1.82, 2.24) is 15.2 Å². The van der Waals surface area contributed by atoms with E-state index < -0.39 is 5.60 Å². The molecule has 1 aliphatic heterocycles. The Morgan fingerprint density at radius 1 is 1.33 bits per heavy atom. The van der Waals surface area contributed by atoms with Crippen molar-refractivity contribution < 1.29 is 14.3 Å². The van der Waals surface area contributed by atoms with Crippen molar-refractivity contribution in [2.45, 2.75) is 45.8 Å². The van der Waals surface area contributed by atoms with E-state index in [9.17, 15) is 9.59 Å². The number of amides is 2. The Kier molecular flexibility index (Phi) is 5.26. The Morgan fingerprint density at radius 3 is 2.54 bits per heavy atom. The maximum Gasteiger partial charge on any atom is 0.410 e. The Morgan fingerprint density at radius 2 is 2.04 bits per heavy atom. The first kappa shape index (κ1) is 18.0. The zero-order valence-electron chi connectivity index (χ0n) is 14.9. The molecular formula is C18H25N3O3. The molecule has 1 N–H and O–H groups in total. The van der Waals surface area contributed by atoms with Crippen molar-refractivity contribution in [2.24, 2.45) is 0 Å². The maximum atomic E-state index is 12.2. The molecule has 6 heteroatoms. The largest absolute Gasteiger partial charge is 0.444 e. The summed E-state index contributed by atoms with van der Waals surface area (Å²) < 4.78 is 5.44. The number of hydrogen-bond donors (Lipinski definition) is 1. The molecule has 0 aliphatic carbocycles. The summed E-state index contributed by atoms with van der Waals surface area (Å²) in [7, 11) is 1.58. The minimum atomic E-state index is -0.500. The second-order valence-electron chi connectivity index (χ2n) is 6.87. The second-order valence-corrected chi connectivity index (χ2v) is 6.87. The minimum Gasteiger partial charge on any atom is -0.444 e. The van der Waals surface area contributed by atoms with E-state index in [2.05, 4.69) is 10.3 Å². The van der Waals surface area contributed by atoms with Gasteiger partial charge in [0, 0.05) is 19.8 Å². The lowest BCUT2D eigenvalue weighted by Crippen LogP contribution is -2.43. The van der Waals surface area contributed by atoms with Crippen molar-refractivity contribution in [2.75, 3.05) is 13.6 Å². The molecule has 2 amide bonds. The summed E-state index contributed by atoms with van der Waals surface area (Å²) in [6.07, 6.45) is 4.18. The third-order valence-electron chi connectivity index (χ3n) is 3.78. The maximum absolute atomic E-state index is 12.2. The molecule has 1 aliphatic rings. The molecule has 2 rings (SSSR count). The summed E-state index contributed by atoms with van der Waals surface area (Å²) in [5.74, 6) is -0.205. The van der Waals surface area contributed by atoms with Crippen LogP contribution in [0.3, 0.4) is 0 Å². The van der Waals surface area contributed by atoms with Crippen LogP contribution in [0.1, 0.15) is 50.2 Å². The molecule has 0 bridgehead atoms. The van der Waals surface area contributed by atoms with Crippen LogP contribution in [0.15, 0.2) is 24.4 Å². The number of nitrogens with one attached hydrogen (secondary N) is 1. The Balaban J connectivity index is 2.11. The van der Waals surface area contributed by atoms with E-state index in [1.165, 1.54) is 0 Å². The SMILES string of the molecule is CNC(=O)c1ccc(C2=CC(C)N(C(=O)OC(C)(C)C)CC2)cn1.